The Morgan fingerprint density at radius 3 is 2.68 bits per heavy atom. The molecule has 0 aliphatic heterocycles. The van der Waals surface area contributed by atoms with Crippen LogP contribution >= 0.6 is 0 Å². The van der Waals surface area contributed by atoms with Crippen LogP contribution in [0.15, 0.2) is 36.5 Å². The number of hydrogen-bond donors (Lipinski definition) is 3. The molecule has 0 saturated heterocycles. The predicted octanol–water partition coefficient (Wildman–Crippen LogP) is 3.36. The standard InChI is InChI=1S/C22H21N3O3/c1-28-13-5-2-11(3-6-13)18-9-15-12(10-24-18)4-7-14-19(22(26)27)21(25-20(14)15)16-8-17(16)23/h2-3,5-6,9-10,16-17,25H,4,7-8,23H2,1H3,(H,26,27). The van der Waals surface area contributed by atoms with Crippen molar-refractivity contribution in [3.63, 3.8) is 0 Å². The molecular formula is C22H21N3O3. The summed E-state index contributed by atoms with van der Waals surface area (Å²) in [5, 5.41) is 9.82. The number of benzene rings is 1. The van der Waals surface area contributed by atoms with Crippen molar-refractivity contribution in [1.82, 2.24) is 9.97 Å². The first-order valence-corrected chi connectivity index (χ1v) is 9.44. The molecule has 2 aliphatic rings. The quantitative estimate of drug-likeness (QED) is 0.649. The number of carbonyl (C=O) groups is 1. The second-order valence-electron chi connectivity index (χ2n) is 7.53. The molecule has 2 aromatic heterocycles. The van der Waals surface area contributed by atoms with E-state index in [0.29, 0.717) is 12.0 Å². The number of aromatic carboxylic acids is 1. The van der Waals surface area contributed by atoms with Gasteiger partial charge in [-0.3, -0.25) is 4.98 Å². The van der Waals surface area contributed by atoms with E-state index in [4.69, 9.17) is 10.5 Å². The van der Waals surface area contributed by atoms with Crippen molar-refractivity contribution in [2.24, 2.45) is 5.73 Å². The Balaban J connectivity index is 1.63. The van der Waals surface area contributed by atoms with E-state index in [2.05, 4.69) is 9.97 Å². The average molecular weight is 375 g/mol. The van der Waals surface area contributed by atoms with Crippen LogP contribution in [0.5, 0.6) is 5.75 Å². The van der Waals surface area contributed by atoms with E-state index in [1.54, 1.807) is 7.11 Å². The summed E-state index contributed by atoms with van der Waals surface area (Å²) in [5.74, 6) is 0.0346. The topological polar surface area (TPSA) is 101 Å². The second-order valence-corrected chi connectivity index (χ2v) is 7.53. The lowest BCUT2D eigenvalue weighted by molar-refractivity contribution is 0.0694. The number of aromatic nitrogens is 2. The summed E-state index contributed by atoms with van der Waals surface area (Å²) in [4.78, 5) is 20.0. The molecule has 1 saturated carbocycles. The molecule has 1 fully saturated rings. The Labute approximate surface area is 162 Å². The largest absolute Gasteiger partial charge is 0.497 e. The Hall–Kier alpha value is -3.12. The average Bonchev–Trinajstić information content (AvgIpc) is 3.30. The van der Waals surface area contributed by atoms with Crippen LogP contribution in [-0.4, -0.2) is 34.2 Å². The smallest absolute Gasteiger partial charge is 0.337 e. The van der Waals surface area contributed by atoms with E-state index < -0.39 is 5.97 Å². The lowest BCUT2D eigenvalue weighted by atomic mass is 9.88. The van der Waals surface area contributed by atoms with Crippen LogP contribution in [0.25, 0.3) is 22.5 Å². The molecule has 0 bridgehead atoms. The van der Waals surface area contributed by atoms with Gasteiger partial charge in [0.1, 0.15) is 5.75 Å². The number of aryl methyl sites for hydroxylation is 1. The third-order valence-electron chi connectivity index (χ3n) is 5.84. The first-order valence-electron chi connectivity index (χ1n) is 9.44. The van der Waals surface area contributed by atoms with Gasteiger partial charge in [-0.2, -0.15) is 0 Å². The molecule has 28 heavy (non-hydrogen) atoms. The number of nitrogens with zero attached hydrogens (tertiary/aromatic N) is 1. The van der Waals surface area contributed by atoms with E-state index in [-0.39, 0.29) is 12.0 Å². The number of ether oxygens (including phenoxy) is 1. The molecule has 142 valence electrons. The van der Waals surface area contributed by atoms with Crippen molar-refractivity contribution in [2.75, 3.05) is 7.11 Å². The summed E-state index contributed by atoms with van der Waals surface area (Å²) in [6.45, 7) is 0. The molecule has 0 radical (unpaired) electrons. The summed E-state index contributed by atoms with van der Waals surface area (Å²) < 4.78 is 5.23. The number of carboxylic acids is 1. The molecule has 6 nitrogen and oxygen atoms in total. The number of aromatic amines is 1. The predicted molar refractivity (Wildman–Crippen MR) is 106 cm³/mol. The van der Waals surface area contributed by atoms with Crippen LogP contribution in [0.2, 0.25) is 0 Å². The van der Waals surface area contributed by atoms with E-state index in [9.17, 15) is 9.90 Å². The highest BCUT2D eigenvalue weighted by Gasteiger charge is 2.41. The highest BCUT2D eigenvalue weighted by Crippen LogP contribution is 2.45. The van der Waals surface area contributed by atoms with E-state index in [0.717, 1.165) is 57.9 Å². The lowest BCUT2D eigenvalue weighted by Gasteiger charge is -2.17. The molecular weight excluding hydrogens is 354 g/mol. The van der Waals surface area contributed by atoms with Gasteiger partial charge in [-0.05, 0) is 60.7 Å². The fourth-order valence-corrected chi connectivity index (χ4v) is 4.20. The number of pyridine rings is 1. The number of fused-ring (bicyclic) bond motifs is 3. The van der Waals surface area contributed by atoms with Crippen LogP contribution in [-0.2, 0) is 12.8 Å². The molecule has 3 aromatic rings. The zero-order chi connectivity index (χ0) is 19.4. The van der Waals surface area contributed by atoms with Gasteiger partial charge >= 0.3 is 5.97 Å². The second kappa shape index (κ2) is 6.21. The molecule has 1 aromatic carbocycles. The first kappa shape index (κ1) is 17.0. The van der Waals surface area contributed by atoms with Crippen LogP contribution in [0, 0.1) is 0 Å². The molecule has 2 unspecified atom stereocenters. The van der Waals surface area contributed by atoms with E-state index >= 15 is 0 Å². The van der Waals surface area contributed by atoms with Gasteiger partial charge in [-0.15, -0.1) is 0 Å². The maximum Gasteiger partial charge on any atom is 0.337 e. The van der Waals surface area contributed by atoms with Gasteiger partial charge < -0.3 is 20.6 Å². The van der Waals surface area contributed by atoms with Gasteiger partial charge in [0, 0.05) is 35.0 Å². The van der Waals surface area contributed by atoms with Crippen molar-refractivity contribution in [1.29, 1.82) is 0 Å². The highest BCUT2D eigenvalue weighted by molar-refractivity contribution is 5.95. The fraction of sp³-hybridized carbons (Fsp3) is 0.273. The lowest BCUT2D eigenvalue weighted by Crippen LogP contribution is -2.09. The number of H-pyrrole nitrogens is 1. The number of carboxylic acid groups (broad SMARTS) is 1. The molecule has 2 heterocycles. The maximum absolute atomic E-state index is 12.0. The minimum atomic E-state index is -0.875. The molecule has 0 spiro atoms. The Morgan fingerprint density at radius 1 is 1.29 bits per heavy atom. The third kappa shape index (κ3) is 2.60. The fourth-order valence-electron chi connectivity index (χ4n) is 4.20. The van der Waals surface area contributed by atoms with E-state index in [1.807, 2.05) is 36.5 Å². The zero-order valence-electron chi connectivity index (χ0n) is 15.5. The van der Waals surface area contributed by atoms with Gasteiger partial charge in [0.25, 0.3) is 0 Å². The van der Waals surface area contributed by atoms with Gasteiger partial charge in [0.15, 0.2) is 0 Å². The van der Waals surface area contributed by atoms with Gasteiger partial charge in [-0.25, -0.2) is 4.79 Å². The van der Waals surface area contributed by atoms with Crippen LogP contribution in [0.1, 0.15) is 39.5 Å². The van der Waals surface area contributed by atoms with Crippen molar-refractivity contribution in [2.45, 2.75) is 31.2 Å². The molecule has 2 aliphatic carbocycles. The summed E-state index contributed by atoms with van der Waals surface area (Å²) in [6, 6.07) is 9.86. The number of nitrogens with one attached hydrogen (secondary N) is 1. The van der Waals surface area contributed by atoms with Crippen LogP contribution in [0.4, 0.5) is 0 Å². The van der Waals surface area contributed by atoms with Gasteiger partial charge in [0.2, 0.25) is 0 Å². The molecule has 2 atom stereocenters. The van der Waals surface area contributed by atoms with Crippen molar-refractivity contribution in [3.05, 3.63) is 58.9 Å². The van der Waals surface area contributed by atoms with Crippen LogP contribution < -0.4 is 10.5 Å². The summed E-state index contributed by atoms with van der Waals surface area (Å²) in [6.07, 6.45) is 4.22. The number of rotatable bonds is 4. The van der Waals surface area contributed by atoms with Gasteiger partial charge in [-0.1, -0.05) is 0 Å². The third-order valence-corrected chi connectivity index (χ3v) is 5.84. The molecule has 5 rings (SSSR count). The highest BCUT2D eigenvalue weighted by atomic mass is 16.5. The summed E-state index contributed by atoms with van der Waals surface area (Å²) in [7, 11) is 1.64. The first-order chi connectivity index (χ1) is 13.6. The minimum absolute atomic E-state index is 0.0463. The number of methoxy groups -OCH3 is 1. The van der Waals surface area contributed by atoms with Gasteiger partial charge in [0.05, 0.1) is 24.1 Å². The maximum atomic E-state index is 12.0. The zero-order valence-corrected chi connectivity index (χ0v) is 15.5. The van der Waals surface area contributed by atoms with Crippen molar-refractivity contribution < 1.29 is 14.6 Å². The SMILES string of the molecule is COc1ccc(-c2cc3c(cn2)CCc2c-3[nH]c(C3CC3N)c2C(=O)O)cc1. The van der Waals surface area contributed by atoms with Crippen molar-refractivity contribution in [3.8, 4) is 28.3 Å². The molecule has 4 N–H and O–H groups in total. The minimum Gasteiger partial charge on any atom is -0.497 e. The van der Waals surface area contributed by atoms with E-state index in [1.165, 1.54) is 0 Å². The normalized spacial score (nSPS) is 19.6. The summed E-state index contributed by atoms with van der Waals surface area (Å²) >= 11 is 0. The molecule has 0 amide bonds. The summed E-state index contributed by atoms with van der Waals surface area (Å²) in [5.41, 5.74) is 13.0. The number of nitrogens with two attached hydrogens (primary N) is 1. The Morgan fingerprint density at radius 2 is 2.04 bits per heavy atom. The van der Waals surface area contributed by atoms with Crippen molar-refractivity contribution >= 4 is 5.97 Å². The van der Waals surface area contributed by atoms with Crippen LogP contribution in [0.3, 0.4) is 0 Å². The Bertz CT molecular complexity index is 1090. The molecule has 6 heteroatoms. The Kier molecular flexibility index (Phi) is 3.77. The monoisotopic (exact) mass is 375 g/mol. The number of hydrogen-bond acceptors (Lipinski definition) is 4.